The third-order valence-electron chi connectivity index (χ3n) is 4.14. The summed E-state index contributed by atoms with van der Waals surface area (Å²) >= 11 is 0. The molecule has 0 aromatic heterocycles. The van der Waals surface area contributed by atoms with Crippen LogP contribution in [0.2, 0.25) is 0 Å². The summed E-state index contributed by atoms with van der Waals surface area (Å²) in [6.45, 7) is 3.89. The van der Waals surface area contributed by atoms with E-state index in [0.29, 0.717) is 22.6 Å². The van der Waals surface area contributed by atoms with Gasteiger partial charge in [0.25, 0.3) is 11.8 Å². The van der Waals surface area contributed by atoms with Crippen LogP contribution in [0.15, 0.2) is 30.3 Å². The summed E-state index contributed by atoms with van der Waals surface area (Å²) in [4.78, 5) is 24.3. The monoisotopic (exact) mass is 374 g/mol. The maximum atomic E-state index is 13.5. The van der Waals surface area contributed by atoms with Gasteiger partial charge in [0.15, 0.2) is 0 Å². The van der Waals surface area contributed by atoms with Gasteiger partial charge in [-0.2, -0.15) is 0 Å². The number of hydrogen-bond donors (Lipinski definition) is 2. The van der Waals surface area contributed by atoms with E-state index in [1.165, 1.54) is 20.3 Å². The maximum absolute atomic E-state index is 13.5. The van der Waals surface area contributed by atoms with Gasteiger partial charge in [0, 0.05) is 29.8 Å². The Kier molecular flexibility index (Phi) is 6.76. The molecule has 2 amide bonds. The van der Waals surface area contributed by atoms with Crippen LogP contribution >= 0.6 is 0 Å². The number of ether oxygens (including phenoxy) is 2. The Hall–Kier alpha value is -3.09. The van der Waals surface area contributed by atoms with E-state index >= 15 is 0 Å². The Labute approximate surface area is 157 Å². The van der Waals surface area contributed by atoms with Crippen molar-refractivity contribution >= 4 is 11.8 Å². The standard InChI is InChI=1S/C20H23FN2O4/c1-12-5-6-14(9-16(12)21)19(24)22-7-8-23-20(25)15-10-17(26-3)13(2)18(11-15)27-4/h5-6,9-11H,7-8H2,1-4H3,(H,22,24)(H,23,25). The third kappa shape index (κ3) is 4.97. The van der Waals surface area contributed by atoms with Gasteiger partial charge in [0.2, 0.25) is 0 Å². The molecule has 2 N–H and O–H groups in total. The second-order valence-electron chi connectivity index (χ2n) is 5.98. The molecular weight excluding hydrogens is 351 g/mol. The molecule has 27 heavy (non-hydrogen) atoms. The summed E-state index contributed by atoms with van der Waals surface area (Å²) in [7, 11) is 3.04. The molecule has 0 unspecified atom stereocenters. The lowest BCUT2D eigenvalue weighted by atomic mass is 10.1. The van der Waals surface area contributed by atoms with E-state index < -0.39 is 11.7 Å². The Bertz CT molecular complexity index is 827. The zero-order chi connectivity index (χ0) is 20.0. The van der Waals surface area contributed by atoms with Crippen LogP contribution in [0, 0.1) is 19.7 Å². The molecule has 0 heterocycles. The Morgan fingerprint density at radius 3 is 1.89 bits per heavy atom. The van der Waals surface area contributed by atoms with Crippen molar-refractivity contribution in [3.8, 4) is 11.5 Å². The fourth-order valence-electron chi connectivity index (χ4n) is 2.51. The molecule has 0 fully saturated rings. The van der Waals surface area contributed by atoms with Crippen molar-refractivity contribution in [1.82, 2.24) is 10.6 Å². The van der Waals surface area contributed by atoms with E-state index in [0.717, 1.165) is 5.56 Å². The van der Waals surface area contributed by atoms with Crippen LogP contribution in [0.25, 0.3) is 0 Å². The number of rotatable bonds is 7. The topological polar surface area (TPSA) is 76.7 Å². The molecule has 0 spiro atoms. The van der Waals surface area contributed by atoms with Crippen molar-refractivity contribution in [3.63, 3.8) is 0 Å². The van der Waals surface area contributed by atoms with Gasteiger partial charge >= 0.3 is 0 Å². The minimum Gasteiger partial charge on any atom is -0.496 e. The molecule has 2 aromatic rings. The number of methoxy groups -OCH3 is 2. The van der Waals surface area contributed by atoms with Gasteiger partial charge in [-0.3, -0.25) is 9.59 Å². The van der Waals surface area contributed by atoms with Gasteiger partial charge in [-0.25, -0.2) is 4.39 Å². The maximum Gasteiger partial charge on any atom is 0.251 e. The highest BCUT2D eigenvalue weighted by Crippen LogP contribution is 2.29. The summed E-state index contributed by atoms with van der Waals surface area (Å²) in [5.74, 6) is -0.0503. The van der Waals surface area contributed by atoms with E-state index in [9.17, 15) is 14.0 Å². The fraction of sp³-hybridized carbons (Fsp3) is 0.300. The van der Waals surface area contributed by atoms with Gasteiger partial charge < -0.3 is 20.1 Å². The Morgan fingerprint density at radius 2 is 1.41 bits per heavy atom. The van der Waals surface area contributed by atoms with E-state index in [1.54, 1.807) is 31.2 Å². The van der Waals surface area contributed by atoms with Crippen LogP contribution in [-0.2, 0) is 0 Å². The number of carbonyl (C=O) groups is 2. The largest absolute Gasteiger partial charge is 0.496 e. The molecule has 0 aliphatic carbocycles. The summed E-state index contributed by atoms with van der Waals surface area (Å²) < 4.78 is 24.0. The molecule has 6 nitrogen and oxygen atoms in total. The first kappa shape index (κ1) is 20.2. The van der Waals surface area contributed by atoms with Crippen LogP contribution in [0.1, 0.15) is 31.8 Å². The van der Waals surface area contributed by atoms with Crippen molar-refractivity contribution in [2.45, 2.75) is 13.8 Å². The van der Waals surface area contributed by atoms with Crippen LogP contribution in [-0.4, -0.2) is 39.1 Å². The molecule has 2 aromatic carbocycles. The predicted octanol–water partition coefficient (Wildman–Crippen LogP) is 2.62. The lowest BCUT2D eigenvalue weighted by Gasteiger charge is -2.13. The smallest absolute Gasteiger partial charge is 0.251 e. The first-order valence-electron chi connectivity index (χ1n) is 8.42. The van der Waals surface area contributed by atoms with E-state index in [2.05, 4.69) is 10.6 Å². The number of carbonyl (C=O) groups excluding carboxylic acids is 2. The van der Waals surface area contributed by atoms with Crippen molar-refractivity contribution in [3.05, 3.63) is 58.4 Å². The Morgan fingerprint density at radius 1 is 0.889 bits per heavy atom. The van der Waals surface area contributed by atoms with Crippen molar-refractivity contribution in [2.75, 3.05) is 27.3 Å². The van der Waals surface area contributed by atoms with Gasteiger partial charge in [-0.05, 0) is 43.7 Å². The second kappa shape index (κ2) is 9.02. The number of halogens is 1. The number of nitrogens with one attached hydrogen (secondary N) is 2. The van der Waals surface area contributed by atoms with E-state index in [4.69, 9.17) is 9.47 Å². The van der Waals surface area contributed by atoms with Crippen LogP contribution in [0.4, 0.5) is 4.39 Å². The molecular formula is C20H23FN2O4. The summed E-state index contributed by atoms with van der Waals surface area (Å²) in [6, 6.07) is 7.54. The molecule has 0 atom stereocenters. The lowest BCUT2D eigenvalue weighted by molar-refractivity contribution is 0.0927. The number of benzene rings is 2. The summed E-state index contributed by atoms with van der Waals surface area (Å²) in [6.07, 6.45) is 0. The van der Waals surface area contributed by atoms with Crippen molar-refractivity contribution in [2.24, 2.45) is 0 Å². The number of amides is 2. The van der Waals surface area contributed by atoms with Gasteiger partial charge in [0.05, 0.1) is 14.2 Å². The first-order chi connectivity index (χ1) is 12.9. The number of hydrogen-bond acceptors (Lipinski definition) is 4. The molecule has 0 aliphatic heterocycles. The molecule has 2 rings (SSSR count). The SMILES string of the molecule is COc1cc(C(=O)NCCNC(=O)c2ccc(C)c(F)c2)cc(OC)c1C. The lowest BCUT2D eigenvalue weighted by Crippen LogP contribution is -2.34. The normalized spacial score (nSPS) is 10.3. The average Bonchev–Trinajstić information content (AvgIpc) is 2.67. The highest BCUT2D eigenvalue weighted by molar-refractivity contribution is 5.96. The van der Waals surface area contributed by atoms with Crippen molar-refractivity contribution < 1.29 is 23.5 Å². The number of aryl methyl sites for hydroxylation is 1. The zero-order valence-corrected chi connectivity index (χ0v) is 15.8. The fourth-order valence-corrected chi connectivity index (χ4v) is 2.51. The highest BCUT2D eigenvalue weighted by atomic mass is 19.1. The van der Waals surface area contributed by atoms with Gasteiger partial charge in [-0.1, -0.05) is 6.07 Å². The van der Waals surface area contributed by atoms with Crippen LogP contribution in [0.5, 0.6) is 11.5 Å². The Balaban J connectivity index is 1.90. The molecule has 0 bridgehead atoms. The van der Waals surface area contributed by atoms with Crippen LogP contribution in [0.3, 0.4) is 0 Å². The van der Waals surface area contributed by atoms with Crippen molar-refractivity contribution in [1.29, 1.82) is 0 Å². The van der Waals surface area contributed by atoms with Gasteiger partial charge in [-0.15, -0.1) is 0 Å². The molecule has 0 saturated carbocycles. The van der Waals surface area contributed by atoms with Crippen LogP contribution < -0.4 is 20.1 Å². The molecule has 7 heteroatoms. The minimum absolute atomic E-state index is 0.209. The second-order valence-corrected chi connectivity index (χ2v) is 5.98. The van der Waals surface area contributed by atoms with E-state index in [1.807, 2.05) is 6.92 Å². The minimum atomic E-state index is -0.432. The molecule has 0 saturated heterocycles. The predicted molar refractivity (Wildman–Crippen MR) is 100 cm³/mol. The molecule has 0 aliphatic rings. The average molecular weight is 374 g/mol. The van der Waals surface area contributed by atoms with E-state index in [-0.39, 0.29) is 24.6 Å². The summed E-state index contributed by atoms with van der Waals surface area (Å²) in [5.41, 5.74) is 1.90. The first-order valence-corrected chi connectivity index (χ1v) is 8.42. The zero-order valence-electron chi connectivity index (χ0n) is 15.8. The third-order valence-corrected chi connectivity index (χ3v) is 4.14. The van der Waals surface area contributed by atoms with Gasteiger partial charge in [0.1, 0.15) is 17.3 Å². The molecule has 0 radical (unpaired) electrons. The molecule has 144 valence electrons. The summed E-state index contributed by atoms with van der Waals surface area (Å²) in [5, 5.41) is 5.35. The quantitative estimate of drug-likeness (QED) is 0.731. The highest BCUT2D eigenvalue weighted by Gasteiger charge is 2.13.